The molecule has 0 amide bonds. The summed E-state index contributed by atoms with van der Waals surface area (Å²) in [5.74, 6) is 0. The Balaban J connectivity index is -0.000000411. The van der Waals surface area contributed by atoms with Gasteiger partial charge < -0.3 is 0 Å². The normalized spacial score (nSPS) is 14.7. The Labute approximate surface area is 210 Å². The minimum atomic E-state index is -1.43. The molecule has 0 aliphatic heterocycles. The van der Waals surface area contributed by atoms with E-state index in [1.807, 2.05) is 0 Å². The van der Waals surface area contributed by atoms with Gasteiger partial charge in [-0.15, -0.1) is 0 Å². The first-order chi connectivity index (χ1) is 10.7. The zero-order valence-electron chi connectivity index (χ0n) is 22.7. The predicted molar refractivity (Wildman–Crippen MR) is 130 cm³/mol. The fourth-order valence-corrected chi connectivity index (χ4v) is 45.3. The smallest absolute Gasteiger partial charge is 0 e. The van der Waals surface area contributed by atoms with Crippen molar-refractivity contribution in [2.24, 2.45) is 0 Å². The van der Waals surface area contributed by atoms with Crippen LogP contribution in [0.3, 0.4) is 0 Å². The Bertz CT molecular complexity index is 304. The Kier molecular flexibility index (Phi) is 13.8. The van der Waals surface area contributed by atoms with Gasteiger partial charge in [0.1, 0.15) is 0 Å². The van der Waals surface area contributed by atoms with Gasteiger partial charge in [-0.05, 0) is 0 Å². The summed E-state index contributed by atoms with van der Waals surface area (Å²) in [6.07, 6.45) is 0. The van der Waals surface area contributed by atoms with Crippen LogP contribution in [0.25, 0.3) is 0 Å². The van der Waals surface area contributed by atoms with E-state index in [2.05, 4.69) is 125 Å². The fraction of sp³-hybridized carbons (Fsp3) is 1.00. The molecule has 0 aromatic rings. The van der Waals surface area contributed by atoms with Crippen LogP contribution in [0.2, 0.25) is 20.6 Å². The molecule has 0 rings (SSSR count). The van der Waals surface area contributed by atoms with Crippen molar-refractivity contribution in [2.75, 3.05) is 0 Å². The zero-order chi connectivity index (χ0) is 22.2. The molecule has 27 heavy (non-hydrogen) atoms. The van der Waals surface area contributed by atoms with E-state index in [9.17, 15) is 0 Å². The van der Waals surface area contributed by atoms with Gasteiger partial charge in [0.25, 0.3) is 0 Å². The average Bonchev–Trinajstić information content (AvgIpc) is 1.97. The minimum absolute atomic E-state index is 0. The molecule has 0 fully saturated rings. The molecular formula is C24H54HgSn2. The van der Waals surface area contributed by atoms with E-state index in [-0.39, 0.29) is 27.7 Å². The standard InChI is InChI=1S/6C4H9.Hg.2Sn/c6*1-4(2)3;;;/h6*1-3H3;;;. The van der Waals surface area contributed by atoms with Crippen molar-refractivity contribution in [3.05, 3.63) is 0 Å². The summed E-state index contributed by atoms with van der Waals surface area (Å²) < 4.78 is 3.49. The first-order valence-corrected chi connectivity index (χ1v) is 19.1. The third kappa shape index (κ3) is 13.5. The quantitative estimate of drug-likeness (QED) is 0.215. The van der Waals surface area contributed by atoms with Gasteiger partial charge in [-0.2, -0.15) is 0 Å². The Morgan fingerprint density at radius 1 is 0.259 bits per heavy atom. The first kappa shape index (κ1) is 34.2. The number of hydrogen-bond acceptors (Lipinski definition) is 0. The second-order valence-electron chi connectivity index (χ2n) is 14.2. The van der Waals surface area contributed by atoms with Crippen molar-refractivity contribution >= 4 is 39.5 Å². The summed E-state index contributed by atoms with van der Waals surface area (Å²) >= 11 is -2.87. The average molecular weight is 781 g/mol. The molecule has 0 bridgehead atoms. The van der Waals surface area contributed by atoms with E-state index in [0.29, 0.717) is 20.6 Å². The summed E-state index contributed by atoms with van der Waals surface area (Å²) in [6, 6.07) is 0. The topological polar surface area (TPSA) is 0 Å². The van der Waals surface area contributed by atoms with Crippen LogP contribution in [0.15, 0.2) is 0 Å². The number of rotatable bonds is 0. The van der Waals surface area contributed by atoms with E-state index in [1.165, 1.54) is 0 Å². The van der Waals surface area contributed by atoms with Crippen molar-refractivity contribution in [3.63, 3.8) is 0 Å². The molecule has 0 aromatic heterocycles. The van der Waals surface area contributed by atoms with E-state index < -0.39 is 39.5 Å². The van der Waals surface area contributed by atoms with E-state index in [4.69, 9.17) is 0 Å². The van der Waals surface area contributed by atoms with Crippen LogP contribution in [-0.2, 0) is 27.7 Å². The molecule has 0 heterocycles. The summed E-state index contributed by atoms with van der Waals surface area (Å²) in [5, 5.41) is 0. The van der Waals surface area contributed by atoms with Crippen molar-refractivity contribution in [2.45, 2.75) is 145 Å². The predicted octanol–water partition coefficient (Wildman–Crippen LogP) is 9.76. The Hall–Kier alpha value is 2.53. The van der Waals surface area contributed by atoms with E-state index >= 15 is 0 Å². The van der Waals surface area contributed by atoms with Gasteiger partial charge in [0, 0.05) is 27.7 Å². The van der Waals surface area contributed by atoms with Crippen molar-refractivity contribution in [3.8, 4) is 0 Å². The summed E-state index contributed by atoms with van der Waals surface area (Å²) in [5.41, 5.74) is 0. The first-order valence-electron chi connectivity index (χ1n) is 10.5. The molecule has 160 valence electrons. The molecule has 0 spiro atoms. The maximum absolute atomic E-state index is 2.44. The largest absolute Gasteiger partial charge is 0 e. The molecule has 2 radical (unpaired) electrons. The molecule has 0 aliphatic rings. The maximum Gasteiger partial charge on any atom is 0 e. The van der Waals surface area contributed by atoms with Gasteiger partial charge in [0.05, 0.1) is 0 Å². The van der Waals surface area contributed by atoms with Crippen LogP contribution in [0, 0.1) is 0 Å². The third-order valence-electron chi connectivity index (χ3n) is 4.50. The Morgan fingerprint density at radius 2 is 0.333 bits per heavy atom. The number of hydrogen-bond donors (Lipinski definition) is 0. The molecule has 0 aliphatic carbocycles. The third-order valence-corrected chi connectivity index (χ3v) is 30.2. The zero-order valence-corrected chi connectivity index (χ0v) is 33.9. The van der Waals surface area contributed by atoms with Crippen molar-refractivity contribution in [1.82, 2.24) is 0 Å². The Morgan fingerprint density at radius 3 is 0.333 bits per heavy atom. The van der Waals surface area contributed by atoms with Crippen LogP contribution in [-0.4, -0.2) is 39.5 Å². The molecule has 0 nitrogen and oxygen atoms in total. The fourth-order valence-electron chi connectivity index (χ4n) is 6.75. The molecule has 0 saturated carbocycles. The van der Waals surface area contributed by atoms with Gasteiger partial charge in [-0.1, -0.05) is 0 Å². The minimum Gasteiger partial charge on any atom is 0 e. The van der Waals surface area contributed by atoms with Crippen LogP contribution in [0.5, 0.6) is 0 Å². The molecular weight excluding hydrogens is 726 g/mol. The molecule has 0 aromatic carbocycles. The van der Waals surface area contributed by atoms with Crippen LogP contribution in [0.4, 0.5) is 0 Å². The maximum atomic E-state index is 2.44. The van der Waals surface area contributed by atoms with Crippen LogP contribution >= 0.6 is 0 Å². The summed E-state index contributed by atoms with van der Waals surface area (Å²) in [4.78, 5) is 0. The molecule has 3 heteroatoms. The van der Waals surface area contributed by atoms with E-state index in [0.717, 1.165) is 0 Å². The van der Waals surface area contributed by atoms with Crippen molar-refractivity contribution < 1.29 is 27.7 Å². The monoisotopic (exact) mass is 784 g/mol. The van der Waals surface area contributed by atoms with E-state index in [1.54, 1.807) is 0 Å². The second kappa shape index (κ2) is 10.9. The molecule has 0 N–H and O–H groups in total. The second-order valence-corrected chi connectivity index (χ2v) is 44.2. The van der Waals surface area contributed by atoms with Crippen molar-refractivity contribution in [1.29, 1.82) is 0 Å². The van der Waals surface area contributed by atoms with Gasteiger partial charge in [0.15, 0.2) is 0 Å². The SMILES string of the molecule is C[C](C)(C)[Sn]([C](C)(C)C)[C](C)(C)C.C[C](C)(C)[Sn]([C](C)(C)C)[C](C)(C)C.[Hg]. The van der Waals surface area contributed by atoms with Gasteiger partial charge in [0.2, 0.25) is 0 Å². The molecule has 0 unspecified atom stereocenters. The van der Waals surface area contributed by atoms with Gasteiger partial charge >= 0.3 is 185 Å². The van der Waals surface area contributed by atoms with Crippen LogP contribution in [0.1, 0.15) is 125 Å². The van der Waals surface area contributed by atoms with Gasteiger partial charge in [-0.3, -0.25) is 0 Å². The van der Waals surface area contributed by atoms with Crippen LogP contribution < -0.4 is 0 Å². The molecule has 0 saturated heterocycles. The molecule has 0 atom stereocenters. The van der Waals surface area contributed by atoms with Gasteiger partial charge in [-0.25, -0.2) is 0 Å². The summed E-state index contributed by atoms with van der Waals surface area (Å²) in [7, 11) is 0. The summed E-state index contributed by atoms with van der Waals surface area (Å²) in [6.45, 7) is 44.0.